The Kier molecular flexibility index (Phi) is 15.5. The summed E-state index contributed by atoms with van der Waals surface area (Å²) in [5, 5.41) is 0. The zero-order valence-corrected chi connectivity index (χ0v) is 16.0. The zero-order valence-electron chi connectivity index (χ0n) is 16.0. The molecule has 1 unspecified atom stereocenters. The van der Waals surface area contributed by atoms with E-state index in [1.807, 2.05) is 0 Å². The van der Waals surface area contributed by atoms with Crippen LogP contribution in [0.3, 0.4) is 0 Å². The molecule has 0 rings (SSSR count). The molecule has 0 saturated carbocycles. The molecule has 0 amide bonds. The van der Waals surface area contributed by atoms with E-state index in [2.05, 4.69) is 20.4 Å². The van der Waals surface area contributed by atoms with Gasteiger partial charge in [-0.1, -0.05) is 97.5 Å². The Morgan fingerprint density at radius 1 is 0.870 bits per heavy atom. The van der Waals surface area contributed by atoms with Gasteiger partial charge in [0.1, 0.15) is 0 Å². The molecule has 0 aromatic heterocycles. The summed E-state index contributed by atoms with van der Waals surface area (Å²) < 4.78 is 5.09. The summed E-state index contributed by atoms with van der Waals surface area (Å²) in [6.45, 7) is 10.5. The molecule has 2 nitrogen and oxygen atoms in total. The minimum absolute atomic E-state index is 0.256. The van der Waals surface area contributed by atoms with E-state index < -0.39 is 0 Å². The van der Waals surface area contributed by atoms with Crippen molar-refractivity contribution in [2.24, 2.45) is 5.92 Å². The smallest absolute Gasteiger partial charge is 0.333 e. The van der Waals surface area contributed by atoms with E-state index in [-0.39, 0.29) is 5.97 Å². The van der Waals surface area contributed by atoms with Gasteiger partial charge in [0.15, 0.2) is 0 Å². The standard InChI is InChI=1S/C21H40O2/c1-5-6-7-8-10-13-16-20(4)17-14-11-9-12-15-18-23-21(22)19(2)3/h20H,2,5-18H2,1,3-4H3. The molecule has 0 aromatic carbocycles. The normalized spacial score (nSPS) is 12.1. The lowest BCUT2D eigenvalue weighted by atomic mass is 9.96. The predicted molar refractivity (Wildman–Crippen MR) is 101 cm³/mol. The monoisotopic (exact) mass is 324 g/mol. The number of hydrogen-bond acceptors (Lipinski definition) is 2. The Hall–Kier alpha value is -0.790. The van der Waals surface area contributed by atoms with E-state index in [0.29, 0.717) is 12.2 Å². The predicted octanol–water partition coefficient (Wildman–Crippen LogP) is 6.83. The van der Waals surface area contributed by atoms with Crippen LogP contribution in [0.4, 0.5) is 0 Å². The van der Waals surface area contributed by atoms with Gasteiger partial charge in [-0.15, -0.1) is 0 Å². The fraction of sp³-hybridized carbons (Fsp3) is 0.857. The quantitative estimate of drug-likeness (QED) is 0.177. The number of hydrogen-bond donors (Lipinski definition) is 0. The first-order valence-electron chi connectivity index (χ1n) is 9.90. The molecule has 0 aromatic rings. The Labute approximate surface area is 145 Å². The highest BCUT2D eigenvalue weighted by Gasteiger charge is 2.03. The van der Waals surface area contributed by atoms with Gasteiger partial charge in [-0.2, -0.15) is 0 Å². The summed E-state index contributed by atoms with van der Waals surface area (Å²) >= 11 is 0. The first-order valence-corrected chi connectivity index (χ1v) is 9.90. The van der Waals surface area contributed by atoms with Gasteiger partial charge in [0, 0.05) is 5.57 Å². The number of carbonyl (C=O) groups is 1. The summed E-state index contributed by atoms with van der Waals surface area (Å²) in [6.07, 6.45) is 17.3. The fourth-order valence-corrected chi connectivity index (χ4v) is 2.83. The summed E-state index contributed by atoms with van der Waals surface area (Å²) in [6, 6.07) is 0. The summed E-state index contributed by atoms with van der Waals surface area (Å²) in [5.74, 6) is 0.631. The van der Waals surface area contributed by atoms with Crippen molar-refractivity contribution in [2.75, 3.05) is 6.61 Å². The minimum atomic E-state index is -0.256. The molecule has 2 heteroatoms. The Morgan fingerprint density at radius 3 is 1.87 bits per heavy atom. The second-order valence-corrected chi connectivity index (χ2v) is 7.13. The molecule has 0 bridgehead atoms. The van der Waals surface area contributed by atoms with E-state index in [9.17, 15) is 4.79 Å². The lowest BCUT2D eigenvalue weighted by molar-refractivity contribution is -0.139. The van der Waals surface area contributed by atoms with Crippen LogP contribution in [0.2, 0.25) is 0 Å². The molecule has 0 aliphatic carbocycles. The van der Waals surface area contributed by atoms with Crippen LogP contribution in [0.25, 0.3) is 0 Å². The lowest BCUT2D eigenvalue weighted by Gasteiger charge is -2.11. The maximum absolute atomic E-state index is 11.2. The van der Waals surface area contributed by atoms with E-state index in [1.165, 1.54) is 70.6 Å². The van der Waals surface area contributed by atoms with Crippen molar-refractivity contribution < 1.29 is 9.53 Å². The van der Waals surface area contributed by atoms with Crippen LogP contribution in [0.1, 0.15) is 104 Å². The van der Waals surface area contributed by atoms with Crippen molar-refractivity contribution in [1.82, 2.24) is 0 Å². The number of ether oxygens (including phenoxy) is 1. The minimum Gasteiger partial charge on any atom is -0.462 e. The lowest BCUT2D eigenvalue weighted by Crippen LogP contribution is -2.06. The van der Waals surface area contributed by atoms with Crippen molar-refractivity contribution in [3.8, 4) is 0 Å². The van der Waals surface area contributed by atoms with Gasteiger partial charge in [-0.25, -0.2) is 4.79 Å². The molecule has 0 saturated heterocycles. The summed E-state index contributed by atoms with van der Waals surface area (Å²) in [7, 11) is 0. The van der Waals surface area contributed by atoms with E-state index >= 15 is 0 Å². The fourth-order valence-electron chi connectivity index (χ4n) is 2.83. The average Bonchev–Trinajstić information content (AvgIpc) is 2.52. The van der Waals surface area contributed by atoms with Gasteiger partial charge in [0.25, 0.3) is 0 Å². The van der Waals surface area contributed by atoms with E-state index in [1.54, 1.807) is 6.92 Å². The second kappa shape index (κ2) is 16.1. The van der Waals surface area contributed by atoms with Crippen molar-refractivity contribution in [3.63, 3.8) is 0 Å². The maximum atomic E-state index is 11.2. The molecule has 1 atom stereocenters. The third kappa shape index (κ3) is 15.9. The van der Waals surface area contributed by atoms with Gasteiger partial charge in [0.05, 0.1) is 6.61 Å². The summed E-state index contributed by atoms with van der Waals surface area (Å²) in [5.41, 5.74) is 0.490. The molecular weight excluding hydrogens is 284 g/mol. The maximum Gasteiger partial charge on any atom is 0.333 e. The second-order valence-electron chi connectivity index (χ2n) is 7.13. The molecular formula is C21H40O2. The molecule has 0 aliphatic rings. The Balaban J connectivity index is 3.24. The number of esters is 1. The summed E-state index contributed by atoms with van der Waals surface area (Å²) in [4.78, 5) is 11.2. The number of rotatable bonds is 16. The van der Waals surface area contributed by atoms with Gasteiger partial charge in [0.2, 0.25) is 0 Å². The first kappa shape index (κ1) is 22.2. The zero-order chi connectivity index (χ0) is 17.3. The van der Waals surface area contributed by atoms with Crippen LogP contribution < -0.4 is 0 Å². The number of unbranched alkanes of at least 4 members (excludes halogenated alkanes) is 9. The highest BCUT2D eigenvalue weighted by Crippen LogP contribution is 2.18. The van der Waals surface area contributed by atoms with E-state index in [4.69, 9.17) is 4.74 Å². The Bertz CT molecular complexity index is 296. The van der Waals surface area contributed by atoms with Crippen LogP contribution in [-0.4, -0.2) is 12.6 Å². The van der Waals surface area contributed by atoms with Crippen LogP contribution in [-0.2, 0) is 9.53 Å². The van der Waals surface area contributed by atoms with Crippen molar-refractivity contribution in [3.05, 3.63) is 12.2 Å². The molecule has 0 spiro atoms. The SMILES string of the molecule is C=C(C)C(=O)OCCCCCCCC(C)CCCCCCCC. The van der Waals surface area contributed by atoms with Gasteiger partial charge in [-0.05, 0) is 19.3 Å². The largest absolute Gasteiger partial charge is 0.462 e. The van der Waals surface area contributed by atoms with Crippen molar-refractivity contribution >= 4 is 5.97 Å². The molecule has 0 heterocycles. The van der Waals surface area contributed by atoms with Crippen LogP contribution in [0.5, 0.6) is 0 Å². The van der Waals surface area contributed by atoms with Crippen LogP contribution in [0, 0.1) is 5.92 Å². The third-order valence-electron chi connectivity index (χ3n) is 4.47. The topological polar surface area (TPSA) is 26.3 Å². The van der Waals surface area contributed by atoms with Gasteiger partial charge < -0.3 is 4.74 Å². The number of carbonyl (C=O) groups excluding carboxylic acids is 1. The van der Waals surface area contributed by atoms with Crippen molar-refractivity contribution in [1.29, 1.82) is 0 Å². The molecule has 23 heavy (non-hydrogen) atoms. The highest BCUT2D eigenvalue weighted by atomic mass is 16.5. The molecule has 136 valence electrons. The first-order chi connectivity index (χ1) is 11.1. The molecule has 0 fully saturated rings. The van der Waals surface area contributed by atoms with Crippen LogP contribution >= 0.6 is 0 Å². The molecule has 0 aliphatic heterocycles. The average molecular weight is 325 g/mol. The van der Waals surface area contributed by atoms with E-state index in [0.717, 1.165) is 18.8 Å². The van der Waals surface area contributed by atoms with Gasteiger partial charge in [-0.3, -0.25) is 0 Å². The van der Waals surface area contributed by atoms with Gasteiger partial charge >= 0.3 is 5.97 Å². The van der Waals surface area contributed by atoms with Crippen LogP contribution in [0.15, 0.2) is 12.2 Å². The Morgan fingerprint density at radius 2 is 1.35 bits per heavy atom. The third-order valence-corrected chi connectivity index (χ3v) is 4.47. The van der Waals surface area contributed by atoms with Crippen molar-refractivity contribution in [2.45, 2.75) is 104 Å². The highest BCUT2D eigenvalue weighted by molar-refractivity contribution is 5.86. The molecule has 0 N–H and O–H groups in total. The molecule has 0 radical (unpaired) electrons.